The molecule has 0 aromatic carbocycles. The second kappa shape index (κ2) is 9.45. The summed E-state index contributed by atoms with van der Waals surface area (Å²) in [7, 11) is 0. The Morgan fingerprint density at radius 3 is 2.21 bits per heavy atom. The Bertz CT molecular complexity index is 353. The minimum Gasteiger partial charge on any atom is -0.304 e. The molecule has 0 bridgehead atoms. The summed E-state index contributed by atoms with van der Waals surface area (Å²) in [6.45, 7) is 13.4. The van der Waals surface area contributed by atoms with Crippen molar-refractivity contribution in [3.8, 4) is 0 Å². The van der Waals surface area contributed by atoms with E-state index in [4.69, 9.17) is 0 Å². The van der Waals surface area contributed by atoms with Crippen molar-refractivity contribution in [1.29, 1.82) is 0 Å². The van der Waals surface area contributed by atoms with Crippen LogP contribution < -0.4 is 0 Å². The van der Waals surface area contributed by atoms with E-state index < -0.39 is 0 Å². The van der Waals surface area contributed by atoms with Gasteiger partial charge in [-0.2, -0.15) is 0 Å². The van der Waals surface area contributed by atoms with E-state index in [2.05, 4.69) is 57.6 Å². The van der Waals surface area contributed by atoms with E-state index in [1.165, 1.54) is 18.5 Å². The van der Waals surface area contributed by atoms with Gasteiger partial charge < -0.3 is 4.90 Å². The third-order valence-corrected chi connectivity index (χ3v) is 3.89. The van der Waals surface area contributed by atoms with Crippen molar-refractivity contribution in [3.05, 3.63) is 28.5 Å². The summed E-state index contributed by atoms with van der Waals surface area (Å²) in [6, 6.07) is 2.15. The van der Waals surface area contributed by atoms with E-state index in [1.807, 2.05) is 12.4 Å². The number of halogens is 1. The first-order valence-corrected chi connectivity index (χ1v) is 8.03. The lowest BCUT2D eigenvalue weighted by Gasteiger charge is -2.23. The summed E-state index contributed by atoms with van der Waals surface area (Å²) in [5, 5.41) is 0. The van der Waals surface area contributed by atoms with E-state index in [9.17, 15) is 0 Å². The largest absolute Gasteiger partial charge is 0.304 e. The third kappa shape index (κ3) is 6.50. The third-order valence-electron chi connectivity index (χ3n) is 3.46. The van der Waals surface area contributed by atoms with Crippen LogP contribution in [0.2, 0.25) is 0 Å². The molecule has 1 aromatic heterocycles. The second-order valence-electron chi connectivity index (χ2n) is 4.76. The molecule has 0 aliphatic rings. The van der Waals surface area contributed by atoms with Gasteiger partial charge >= 0.3 is 0 Å². The molecule has 0 amide bonds. The maximum absolute atomic E-state index is 4.22. The highest BCUT2D eigenvalue weighted by atomic mass is 79.9. The van der Waals surface area contributed by atoms with Crippen LogP contribution in [0, 0.1) is 0 Å². The number of nitrogens with zero attached hydrogens (tertiary/aromatic N) is 3. The second-order valence-corrected chi connectivity index (χ2v) is 5.68. The minimum atomic E-state index is 0.987. The highest BCUT2D eigenvalue weighted by Gasteiger charge is 2.06. The average molecular weight is 328 g/mol. The van der Waals surface area contributed by atoms with Gasteiger partial charge in [-0.25, -0.2) is 0 Å². The molecule has 0 saturated carbocycles. The molecule has 108 valence electrons. The van der Waals surface area contributed by atoms with Crippen LogP contribution in [-0.4, -0.2) is 47.5 Å². The molecule has 0 saturated heterocycles. The van der Waals surface area contributed by atoms with Crippen LogP contribution in [0.15, 0.2) is 22.9 Å². The molecule has 0 fully saturated rings. The highest BCUT2D eigenvalue weighted by Crippen LogP contribution is 2.11. The number of hydrogen-bond acceptors (Lipinski definition) is 3. The van der Waals surface area contributed by atoms with Gasteiger partial charge in [0.1, 0.15) is 0 Å². The summed E-state index contributed by atoms with van der Waals surface area (Å²) in [5.74, 6) is 0. The Labute approximate surface area is 126 Å². The maximum Gasteiger partial charge on any atom is 0.0410 e. The van der Waals surface area contributed by atoms with E-state index in [0.29, 0.717) is 0 Å². The first kappa shape index (κ1) is 16.6. The van der Waals surface area contributed by atoms with Crippen molar-refractivity contribution >= 4 is 15.9 Å². The maximum atomic E-state index is 4.22. The summed E-state index contributed by atoms with van der Waals surface area (Å²) in [6.07, 6.45) is 5.02. The molecule has 1 heterocycles. The first-order chi connectivity index (χ1) is 9.19. The number of pyridine rings is 1. The van der Waals surface area contributed by atoms with Crippen LogP contribution in [0.5, 0.6) is 0 Å². The fourth-order valence-corrected chi connectivity index (χ4v) is 2.62. The molecule has 0 aliphatic heterocycles. The van der Waals surface area contributed by atoms with Crippen molar-refractivity contribution < 1.29 is 0 Å². The molecule has 19 heavy (non-hydrogen) atoms. The highest BCUT2D eigenvalue weighted by molar-refractivity contribution is 9.10. The van der Waals surface area contributed by atoms with Gasteiger partial charge in [0, 0.05) is 23.4 Å². The van der Waals surface area contributed by atoms with E-state index in [0.717, 1.165) is 37.2 Å². The molecule has 0 N–H and O–H groups in total. The lowest BCUT2D eigenvalue weighted by Crippen LogP contribution is -2.29. The van der Waals surface area contributed by atoms with Crippen LogP contribution >= 0.6 is 15.9 Å². The van der Waals surface area contributed by atoms with Gasteiger partial charge in [-0.05, 0) is 66.7 Å². The first-order valence-electron chi connectivity index (χ1n) is 7.23. The summed E-state index contributed by atoms with van der Waals surface area (Å²) in [5.41, 5.74) is 1.28. The molecule has 0 aliphatic carbocycles. The van der Waals surface area contributed by atoms with Crippen LogP contribution in [0.3, 0.4) is 0 Å². The molecule has 0 spiro atoms. The van der Waals surface area contributed by atoms with Crippen LogP contribution in [0.4, 0.5) is 0 Å². The normalized spacial score (nSPS) is 11.5. The summed E-state index contributed by atoms with van der Waals surface area (Å²) >= 11 is 3.48. The van der Waals surface area contributed by atoms with Crippen LogP contribution in [0.25, 0.3) is 0 Å². The quantitative estimate of drug-likeness (QED) is 0.693. The SMILES string of the molecule is CCN(CC)CCCN(CC)Cc1cncc(Br)c1. The standard InChI is InChI=1S/C15H26BrN3/c1-4-18(5-2)8-7-9-19(6-3)13-14-10-15(16)12-17-11-14/h10-12H,4-9,13H2,1-3H3. The Hall–Kier alpha value is -0.450. The Morgan fingerprint density at radius 2 is 1.63 bits per heavy atom. The number of hydrogen-bond donors (Lipinski definition) is 0. The fourth-order valence-electron chi connectivity index (χ4n) is 2.21. The Morgan fingerprint density at radius 1 is 1.00 bits per heavy atom. The van der Waals surface area contributed by atoms with Gasteiger partial charge in [-0.15, -0.1) is 0 Å². The molecule has 3 nitrogen and oxygen atoms in total. The lowest BCUT2D eigenvalue weighted by atomic mass is 10.2. The molecule has 0 unspecified atom stereocenters. The topological polar surface area (TPSA) is 19.4 Å². The van der Waals surface area contributed by atoms with Crippen molar-refractivity contribution in [1.82, 2.24) is 14.8 Å². The van der Waals surface area contributed by atoms with E-state index in [1.54, 1.807) is 0 Å². The van der Waals surface area contributed by atoms with Crippen molar-refractivity contribution in [2.75, 3.05) is 32.7 Å². The molecule has 0 atom stereocenters. The monoisotopic (exact) mass is 327 g/mol. The van der Waals surface area contributed by atoms with Gasteiger partial charge in [-0.3, -0.25) is 9.88 Å². The van der Waals surface area contributed by atoms with Crippen molar-refractivity contribution in [3.63, 3.8) is 0 Å². The zero-order chi connectivity index (χ0) is 14.1. The van der Waals surface area contributed by atoms with Crippen LogP contribution in [0.1, 0.15) is 32.8 Å². The molecule has 0 radical (unpaired) electrons. The summed E-state index contributed by atoms with van der Waals surface area (Å²) < 4.78 is 1.06. The molecule has 4 heteroatoms. The van der Waals surface area contributed by atoms with Gasteiger partial charge in [0.2, 0.25) is 0 Å². The molecular formula is C15H26BrN3. The zero-order valence-electron chi connectivity index (χ0n) is 12.4. The van der Waals surface area contributed by atoms with Gasteiger partial charge in [0.15, 0.2) is 0 Å². The number of rotatable bonds is 9. The predicted octanol–water partition coefficient (Wildman–Crippen LogP) is 3.40. The predicted molar refractivity (Wildman–Crippen MR) is 85.3 cm³/mol. The number of aromatic nitrogens is 1. The Balaban J connectivity index is 2.37. The summed E-state index contributed by atoms with van der Waals surface area (Å²) in [4.78, 5) is 9.18. The van der Waals surface area contributed by atoms with Crippen molar-refractivity contribution in [2.24, 2.45) is 0 Å². The Kier molecular flexibility index (Phi) is 8.26. The van der Waals surface area contributed by atoms with Crippen molar-refractivity contribution in [2.45, 2.75) is 33.7 Å². The smallest absolute Gasteiger partial charge is 0.0410 e. The molecule has 1 rings (SSSR count). The lowest BCUT2D eigenvalue weighted by molar-refractivity contribution is 0.238. The van der Waals surface area contributed by atoms with Gasteiger partial charge in [0.25, 0.3) is 0 Å². The van der Waals surface area contributed by atoms with E-state index in [-0.39, 0.29) is 0 Å². The fraction of sp³-hybridized carbons (Fsp3) is 0.667. The average Bonchev–Trinajstić information content (AvgIpc) is 2.42. The molecule has 1 aromatic rings. The molecular weight excluding hydrogens is 302 g/mol. The zero-order valence-corrected chi connectivity index (χ0v) is 14.0. The van der Waals surface area contributed by atoms with Gasteiger partial charge in [-0.1, -0.05) is 20.8 Å². The minimum absolute atomic E-state index is 0.987. The van der Waals surface area contributed by atoms with E-state index >= 15 is 0 Å². The van der Waals surface area contributed by atoms with Gasteiger partial charge in [0.05, 0.1) is 0 Å². The van der Waals surface area contributed by atoms with Crippen LogP contribution in [-0.2, 0) is 6.54 Å².